The number of imidazole rings is 2. The van der Waals surface area contributed by atoms with Gasteiger partial charge in [0.05, 0.1) is 23.5 Å². The van der Waals surface area contributed by atoms with E-state index >= 15 is 0 Å². The first-order valence-electron chi connectivity index (χ1n) is 27.8. The van der Waals surface area contributed by atoms with E-state index in [9.17, 15) is 2.74 Å². The summed E-state index contributed by atoms with van der Waals surface area (Å²) in [7, 11) is 0. The minimum atomic E-state index is -3.02. The Balaban J connectivity index is 1.06. The average Bonchev–Trinajstić information content (AvgIpc) is 4.24. The molecule has 1 aliphatic rings. The second kappa shape index (κ2) is 16.2. The van der Waals surface area contributed by atoms with E-state index < -0.39 is 123 Å². The van der Waals surface area contributed by atoms with Gasteiger partial charge in [-0.25, -0.2) is 0 Å². The van der Waals surface area contributed by atoms with Crippen LogP contribution in [0.2, 0.25) is 0 Å². The molecule has 0 fully saturated rings. The number of ether oxygens (including phenoxy) is 1. The molecule has 3 aromatic heterocycles. The number of rotatable bonds is 8. The van der Waals surface area contributed by atoms with Crippen molar-refractivity contribution in [1.82, 2.24) is 14.1 Å². The molecule has 0 radical (unpaired) electrons. The van der Waals surface area contributed by atoms with Gasteiger partial charge in [0.15, 0.2) is 0 Å². The Bertz CT molecular complexity index is 4250. The fourth-order valence-corrected chi connectivity index (χ4v) is 19.0. The fourth-order valence-electron chi connectivity index (χ4n) is 8.65. The molecule has 11 aromatic rings. The zero-order valence-electron chi connectivity index (χ0n) is 48.9. The van der Waals surface area contributed by atoms with Gasteiger partial charge in [-0.15, -0.1) is 0 Å². The SMILES string of the molecule is [2H]c1c([2H])c([2H])c(-c2c([2H])c([2H])c([2H])c(-c3c([2H])c([2H])c([2H])c([2H])c3[2H])c2-[n+]2[c-]n(-c3cccc(Oc4ccc5c(n4)[n+](-c4cccc(C(C)(C)C)c4)[c]4n5-c5cccc[c]5[Bi]4[c]4ccccc4)c3)c3ccccc32)c([2H])c1[2H]. The Kier molecular flexibility index (Phi) is 6.98. The van der Waals surface area contributed by atoms with Gasteiger partial charge >= 0.3 is 270 Å². The van der Waals surface area contributed by atoms with Crippen molar-refractivity contribution >= 4 is 54.0 Å². The predicted molar refractivity (Wildman–Crippen MR) is 267 cm³/mol. The van der Waals surface area contributed by atoms with Crippen LogP contribution < -0.4 is 23.9 Å². The van der Waals surface area contributed by atoms with Crippen LogP contribution in [0, 0.1) is 6.33 Å². The zero-order valence-corrected chi connectivity index (χ0v) is 39.3. The molecule has 8 aromatic carbocycles. The first kappa shape index (κ1) is 28.4. The fraction of sp³-hybridized carbons (Fsp3) is 0.0678. The van der Waals surface area contributed by atoms with Gasteiger partial charge in [-0.3, -0.25) is 0 Å². The van der Waals surface area contributed by atoms with Crippen molar-refractivity contribution in [2.24, 2.45) is 0 Å². The van der Waals surface area contributed by atoms with Gasteiger partial charge in [0.25, 0.3) is 0 Å². The van der Waals surface area contributed by atoms with Crippen LogP contribution in [0.3, 0.4) is 0 Å². The van der Waals surface area contributed by atoms with E-state index in [0.717, 1.165) is 22.5 Å². The first-order chi connectivity index (χ1) is 37.8. The first-order valence-corrected chi connectivity index (χ1v) is 26.5. The monoisotopic (exact) mass is 1060 g/mol. The smallest absolute Gasteiger partial charge is 0.0666 e. The number of hydrogen-bond donors (Lipinski definition) is 0. The number of para-hydroxylation sites is 4. The molecule has 12 rings (SSSR count). The molecular formula is C59H45BiN5O+. The second-order valence-corrected chi connectivity index (χ2v) is 24.8. The van der Waals surface area contributed by atoms with Gasteiger partial charge < -0.3 is 0 Å². The van der Waals surface area contributed by atoms with Crippen molar-refractivity contribution in [3.8, 4) is 56.6 Å². The standard InChI is InChI=1S/C53H40N5O.C6H5.Bi/c1-53(2,3)40-22-15-25-42(34-40)57-36-55(41-23-11-6-12-24-41)49-32-33-50(54-52(49)57)59-44-27-16-26-43(35-44)56-37-58(48-31-14-13-30-47(48)56)51-45(38-18-7-4-8-19-38)28-17-29-46(51)39-20-9-5-10-21-39;1-2-4-6-5-3-1;/h4-23,25-35H,1-3H3;1-5H;/q+1;;/i4D,5D,7D,8D,9D,10D,17D,18D,19D,20D,21D,28D,29D;;. The summed E-state index contributed by atoms with van der Waals surface area (Å²) in [6.45, 7) is 6.60. The molecule has 0 saturated heterocycles. The predicted octanol–water partition coefficient (Wildman–Crippen LogP) is 10.6. The van der Waals surface area contributed by atoms with E-state index in [4.69, 9.17) is 24.8 Å². The third kappa shape index (κ3) is 6.85. The maximum absolute atomic E-state index is 9.41. The molecule has 0 atom stereocenters. The van der Waals surface area contributed by atoms with Crippen LogP contribution in [0.1, 0.15) is 44.2 Å². The average molecular weight is 1060 g/mol. The van der Waals surface area contributed by atoms with E-state index in [-0.39, 0.29) is 11.1 Å². The van der Waals surface area contributed by atoms with E-state index in [1.54, 1.807) is 53.1 Å². The molecule has 0 saturated carbocycles. The minimum Gasteiger partial charge on any atom is -0.0666 e. The summed E-state index contributed by atoms with van der Waals surface area (Å²) in [4.78, 5) is 5.31. The van der Waals surface area contributed by atoms with Crippen LogP contribution in [0.5, 0.6) is 11.6 Å². The van der Waals surface area contributed by atoms with Crippen molar-refractivity contribution in [3.05, 3.63) is 230 Å². The van der Waals surface area contributed by atoms with E-state index in [1.165, 1.54) is 20.2 Å². The van der Waals surface area contributed by atoms with Crippen LogP contribution in [-0.4, -0.2) is 35.9 Å². The Morgan fingerprint density at radius 1 is 0.636 bits per heavy atom. The molecule has 0 amide bonds. The number of nitrogens with zero attached hydrogens (tertiary/aromatic N) is 5. The molecule has 6 nitrogen and oxygen atoms in total. The normalized spacial score (nSPS) is 15.2. The van der Waals surface area contributed by atoms with Gasteiger partial charge in [0.2, 0.25) is 0 Å². The van der Waals surface area contributed by atoms with Crippen molar-refractivity contribution in [3.63, 3.8) is 0 Å². The number of benzene rings is 8. The molecule has 316 valence electrons. The summed E-state index contributed by atoms with van der Waals surface area (Å²) in [5.41, 5.74) is 4.03. The summed E-state index contributed by atoms with van der Waals surface area (Å²) in [6, 6.07) is 36.6. The molecule has 0 spiro atoms. The minimum absolute atomic E-state index is 0.130. The maximum atomic E-state index is 9.41. The Morgan fingerprint density at radius 2 is 1.33 bits per heavy atom. The van der Waals surface area contributed by atoms with Crippen LogP contribution in [0.15, 0.2) is 218 Å². The van der Waals surface area contributed by atoms with Gasteiger partial charge in [-0.1, -0.05) is 96.8 Å². The zero-order chi connectivity index (χ0) is 55.7. The van der Waals surface area contributed by atoms with Crippen molar-refractivity contribution in [2.45, 2.75) is 26.2 Å². The van der Waals surface area contributed by atoms with E-state index in [0.29, 0.717) is 28.4 Å². The molecule has 0 N–H and O–H groups in total. The summed E-state index contributed by atoms with van der Waals surface area (Å²) in [6.07, 6.45) is 3.31. The van der Waals surface area contributed by atoms with Gasteiger partial charge in [0, 0.05) is 0 Å². The molecule has 4 heterocycles. The quantitative estimate of drug-likeness (QED) is 0.0864. The Morgan fingerprint density at radius 3 is 2.09 bits per heavy atom. The Labute approximate surface area is 410 Å². The van der Waals surface area contributed by atoms with Crippen LogP contribution in [-0.2, 0) is 5.41 Å². The molecular weight excluding hydrogens is 1000 g/mol. The van der Waals surface area contributed by atoms with E-state index in [1.807, 2.05) is 18.2 Å². The third-order valence-corrected chi connectivity index (χ3v) is 21.3. The number of fused-ring (bicyclic) bond motifs is 6. The van der Waals surface area contributed by atoms with Crippen molar-refractivity contribution in [1.29, 1.82) is 0 Å². The molecule has 0 bridgehead atoms. The molecule has 66 heavy (non-hydrogen) atoms. The molecule has 7 heteroatoms. The second-order valence-electron chi connectivity index (χ2n) is 16.8. The number of hydrogen-bond acceptors (Lipinski definition) is 2. The van der Waals surface area contributed by atoms with Crippen LogP contribution >= 0.6 is 0 Å². The van der Waals surface area contributed by atoms with Gasteiger partial charge in [0.1, 0.15) is 0 Å². The molecule has 0 unspecified atom stereocenters. The van der Waals surface area contributed by atoms with Crippen molar-refractivity contribution < 1.29 is 31.7 Å². The molecule has 0 aliphatic carbocycles. The van der Waals surface area contributed by atoms with Crippen LogP contribution in [0.25, 0.3) is 67.2 Å². The molecule has 1 aliphatic heterocycles. The van der Waals surface area contributed by atoms with Gasteiger partial charge in [-0.2, -0.15) is 0 Å². The van der Waals surface area contributed by atoms with Gasteiger partial charge in [-0.05, 0) is 22.3 Å². The topological polar surface area (TPSA) is 39.7 Å². The summed E-state index contributed by atoms with van der Waals surface area (Å²) >= 11 is -3.02. The third-order valence-electron chi connectivity index (χ3n) is 11.7. The number of aromatic nitrogens is 5. The summed E-state index contributed by atoms with van der Waals surface area (Å²) in [5, 5.41) is 0. The summed E-state index contributed by atoms with van der Waals surface area (Å²) < 4.78 is 134. The number of pyridine rings is 1. The summed E-state index contributed by atoms with van der Waals surface area (Å²) in [5.74, 6) is 0.708. The van der Waals surface area contributed by atoms with E-state index in [2.05, 4.69) is 109 Å². The Hall–Kier alpha value is -7.47. The van der Waals surface area contributed by atoms with Crippen LogP contribution in [0.4, 0.5) is 0 Å². The van der Waals surface area contributed by atoms with Crippen molar-refractivity contribution in [2.75, 3.05) is 0 Å².